The second-order valence-corrected chi connectivity index (χ2v) is 6.66. The van der Waals surface area contributed by atoms with Crippen LogP contribution < -0.4 is 4.74 Å². The van der Waals surface area contributed by atoms with Crippen molar-refractivity contribution in [2.45, 2.75) is 32.8 Å². The molecule has 2 aromatic carbocycles. The molecule has 1 unspecified atom stereocenters. The number of esters is 1. The normalized spacial score (nSPS) is 12.1. The predicted molar refractivity (Wildman–Crippen MR) is 101 cm³/mol. The van der Waals surface area contributed by atoms with E-state index < -0.39 is 6.10 Å². The largest absolute Gasteiger partial charge is 0.478 e. The Morgan fingerprint density at radius 3 is 2.64 bits per heavy atom. The summed E-state index contributed by atoms with van der Waals surface area (Å²) in [6.07, 6.45) is 0.861. The lowest BCUT2D eigenvalue weighted by molar-refractivity contribution is -0.151. The number of benzene rings is 2. The van der Waals surface area contributed by atoms with Crippen molar-refractivity contribution in [2.24, 2.45) is 0 Å². The fourth-order valence-electron chi connectivity index (χ4n) is 2.61. The number of hydrogen-bond donors (Lipinski definition) is 0. The van der Waals surface area contributed by atoms with Crippen molar-refractivity contribution in [1.29, 1.82) is 0 Å². The highest BCUT2D eigenvalue weighted by Crippen LogP contribution is 2.36. The topological polar surface area (TPSA) is 48.4 Å². The zero-order valence-electron chi connectivity index (χ0n) is 14.4. The van der Waals surface area contributed by atoms with Crippen LogP contribution in [0.3, 0.4) is 0 Å². The van der Waals surface area contributed by atoms with Gasteiger partial charge in [0.2, 0.25) is 0 Å². The number of carbonyl (C=O) groups excluding carboxylic acids is 1. The minimum atomic E-state index is -0.597. The summed E-state index contributed by atoms with van der Waals surface area (Å²) >= 11 is 1.62. The minimum Gasteiger partial charge on any atom is -0.478 e. The van der Waals surface area contributed by atoms with E-state index in [0.717, 1.165) is 27.2 Å². The lowest BCUT2D eigenvalue weighted by atomic mass is 10.2. The van der Waals surface area contributed by atoms with Crippen LogP contribution >= 0.6 is 11.3 Å². The van der Waals surface area contributed by atoms with E-state index in [4.69, 9.17) is 14.5 Å². The van der Waals surface area contributed by atoms with Crippen LogP contribution in [0.15, 0.2) is 48.5 Å². The van der Waals surface area contributed by atoms with Gasteiger partial charge in [-0.15, -0.1) is 11.3 Å². The zero-order chi connectivity index (χ0) is 17.6. The van der Waals surface area contributed by atoms with Gasteiger partial charge in [0.05, 0.1) is 22.4 Å². The van der Waals surface area contributed by atoms with Gasteiger partial charge in [0.1, 0.15) is 10.8 Å². The Hall–Kier alpha value is -2.40. The van der Waals surface area contributed by atoms with Crippen molar-refractivity contribution in [2.75, 3.05) is 6.61 Å². The summed E-state index contributed by atoms with van der Waals surface area (Å²) in [5, 5.41) is 0.885. The van der Waals surface area contributed by atoms with Crippen molar-refractivity contribution in [1.82, 2.24) is 4.98 Å². The van der Waals surface area contributed by atoms with Gasteiger partial charge >= 0.3 is 5.97 Å². The molecule has 3 aromatic rings. The standard InChI is InChI=1S/C20H21NO3S/c1-3-9-17(20(22)23-4-2)24-16-12-7-5-10-14(16)19-21-15-11-6-8-13-18(15)25-19/h5-8,10-13,17H,3-4,9H2,1-2H3. The van der Waals surface area contributed by atoms with Crippen LogP contribution in [0, 0.1) is 0 Å². The van der Waals surface area contributed by atoms with E-state index in [9.17, 15) is 4.79 Å². The number of carbonyl (C=O) groups is 1. The van der Waals surface area contributed by atoms with Gasteiger partial charge in [-0.25, -0.2) is 9.78 Å². The maximum Gasteiger partial charge on any atom is 0.347 e. The summed E-state index contributed by atoms with van der Waals surface area (Å²) in [5.41, 5.74) is 1.86. The number of ether oxygens (including phenoxy) is 2. The number of hydrogen-bond acceptors (Lipinski definition) is 5. The molecule has 1 aromatic heterocycles. The summed E-state index contributed by atoms with van der Waals surface area (Å²) < 4.78 is 12.3. The Morgan fingerprint density at radius 1 is 1.12 bits per heavy atom. The third kappa shape index (κ3) is 3.99. The molecule has 0 radical (unpaired) electrons. The molecule has 5 heteroatoms. The lowest BCUT2D eigenvalue weighted by Crippen LogP contribution is -2.29. The van der Waals surface area contributed by atoms with Crippen LogP contribution in [0.1, 0.15) is 26.7 Å². The third-order valence-corrected chi connectivity index (χ3v) is 4.85. The van der Waals surface area contributed by atoms with Crippen LogP contribution in [0.2, 0.25) is 0 Å². The Balaban J connectivity index is 1.93. The van der Waals surface area contributed by atoms with Gasteiger partial charge in [-0.2, -0.15) is 0 Å². The number of thiazole rings is 1. The number of fused-ring (bicyclic) bond motifs is 1. The van der Waals surface area contributed by atoms with Crippen molar-refractivity contribution in [3.63, 3.8) is 0 Å². The predicted octanol–water partition coefficient (Wildman–Crippen LogP) is 5.07. The van der Waals surface area contributed by atoms with Crippen LogP contribution in [0.5, 0.6) is 5.75 Å². The molecule has 0 spiro atoms. The van der Waals surface area contributed by atoms with E-state index in [1.54, 1.807) is 18.3 Å². The van der Waals surface area contributed by atoms with Gasteiger partial charge in [0.25, 0.3) is 0 Å². The lowest BCUT2D eigenvalue weighted by Gasteiger charge is -2.18. The van der Waals surface area contributed by atoms with E-state index in [1.807, 2.05) is 49.4 Å². The molecule has 0 amide bonds. The second kappa shape index (κ2) is 8.12. The number of aromatic nitrogens is 1. The molecule has 0 aliphatic rings. The first-order chi connectivity index (χ1) is 12.2. The van der Waals surface area contributed by atoms with Gasteiger partial charge in [-0.3, -0.25) is 0 Å². The third-order valence-electron chi connectivity index (χ3n) is 3.78. The zero-order valence-corrected chi connectivity index (χ0v) is 15.2. The Kier molecular flexibility index (Phi) is 5.66. The summed E-state index contributed by atoms with van der Waals surface area (Å²) in [6.45, 7) is 4.17. The van der Waals surface area contributed by atoms with Crippen molar-refractivity contribution in [3.05, 3.63) is 48.5 Å². The SMILES string of the molecule is CCCC(Oc1ccccc1-c1nc2ccccc2s1)C(=O)OCC. The van der Waals surface area contributed by atoms with Gasteiger partial charge in [0.15, 0.2) is 6.10 Å². The monoisotopic (exact) mass is 355 g/mol. The summed E-state index contributed by atoms with van der Waals surface area (Å²) in [4.78, 5) is 16.9. The molecule has 0 bridgehead atoms. The van der Waals surface area contributed by atoms with Crippen molar-refractivity contribution < 1.29 is 14.3 Å². The highest BCUT2D eigenvalue weighted by Gasteiger charge is 2.22. The molecule has 0 saturated heterocycles. The molecule has 3 rings (SSSR count). The molecular formula is C20H21NO3S. The van der Waals surface area contributed by atoms with Crippen molar-refractivity contribution >= 4 is 27.5 Å². The smallest absolute Gasteiger partial charge is 0.347 e. The summed E-state index contributed by atoms with van der Waals surface area (Å²) in [5.74, 6) is 0.344. The van der Waals surface area contributed by atoms with Gasteiger partial charge in [0, 0.05) is 0 Å². The molecule has 1 heterocycles. The van der Waals surface area contributed by atoms with Crippen LogP contribution in [0.25, 0.3) is 20.8 Å². The Morgan fingerprint density at radius 2 is 1.88 bits per heavy atom. The Labute approximate surface area is 151 Å². The minimum absolute atomic E-state index is 0.316. The molecule has 0 fully saturated rings. The fourth-order valence-corrected chi connectivity index (χ4v) is 3.60. The van der Waals surface area contributed by atoms with E-state index in [-0.39, 0.29) is 5.97 Å². The average molecular weight is 355 g/mol. The maximum absolute atomic E-state index is 12.2. The van der Waals surface area contributed by atoms with Crippen LogP contribution in [-0.2, 0) is 9.53 Å². The average Bonchev–Trinajstić information content (AvgIpc) is 3.06. The molecule has 130 valence electrons. The van der Waals surface area contributed by atoms with Gasteiger partial charge in [-0.1, -0.05) is 37.6 Å². The second-order valence-electron chi connectivity index (χ2n) is 5.63. The highest BCUT2D eigenvalue weighted by atomic mass is 32.1. The van der Waals surface area contributed by atoms with Gasteiger partial charge in [-0.05, 0) is 37.6 Å². The highest BCUT2D eigenvalue weighted by molar-refractivity contribution is 7.21. The number of rotatable bonds is 7. The molecule has 0 saturated carbocycles. The van der Waals surface area contributed by atoms with Gasteiger partial charge < -0.3 is 9.47 Å². The maximum atomic E-state index is 12.2. The fraction of sp³-hybridized carbons (Fsp3) is 0.300. The van der Waals surface area contributed by atoms with Crippen LogP contribution in [0.4, 0.5) is 0 Å². The molecule has 0 N–H and O–H groups in total. The molecular weight excluding hydrogens is 334 g/mol. The Bertz CT molecular complexity index is 826. The molecule has 0 aliphatic carbocycles. The first-order valence-corrected chi connectivity index (χ1v) is 9.32. The summed E-state index contributed by atoms with van der Waals surface area (Å²) in [6, 6.07) is 15.7. The van der Waals surface area contributed by atoms with E-state index in [1.165, 1.54) is 0 Å². The first-order valence-electron chi connectivity index (χ1n) is 8.51. The van der Waals surface area contributed by atoms with E-state index in [0.29, 0.717) is 18.8 Å². The van der Waals surface area contributed by atoms with Crippen LogP contribution in [-0.4, -0.2) is 23.7 Å². The molecule has 4 nitrogen and oxygen atoms in total. The van der Waals surface area contributed by atoms with Crippen molar-refractivity contribution in [3.8, 4) is 16.3 Å². The summed E-state index contributed by atoms with van der Waals surface area (Å²) in [7, 11) is 0. The quantitative estimate of drug-likeness (QED) is 0.555. The molecule has 1 atom stereocenters. The molecule has 0 aliphatic heterocycles. The van der Waals surface area contributed by atoms with E-state index >= 15 is 0 Å². The number of nitrogens with zero attached hydrogens (tertiary/aromatic N) is 1. The number of para-hydroxylation sites is 2. The first kappa shape index (κ1) is 17.4. The van der Waals surface area contributed by atoms with E-state index in [2.05, 4.69) is 6.07 Å². The molecule has 25 heavy (non-hydrogen) atoms.